The second kappa shape index (κ2) is 8.96. The number of aliphatic hydroxyl groups is 1. The van der Waals surface area contributed by atoms with Crippen LogP contribution in [0.25, 0.3) is 11.1 Å². The molecule has 7 heteroatoms. The molecular formula is C27H30FN3O3. The summed E-state index contributed by atoms with van der Waals surface area (Å²) in [4.78, 5) is 19.7. The third-order valence-electron chi connectivity index (χ3n) is 6.86. The minimum atomic E-state index is -0.632. The van der Waals surface area contributed by atoms with E-state index in [-0.39, 0.29) is 12.0 Å². The Morgan fingerprint density at radius 1 is 1.24 bits per heavy atom. The van der Waals surface area contributed by atoms with Crippen LogP contribution in [0.15, 0.2) is 48.4 Å². The monoisotopic (exact) mass is 463 g/mol. The van der Waals surface area contributed by atoms with Gasteiger partial charge in [0.15, 0.2) is 0 Å². The molecule has 3 aliphatic heterocycles. The number of halogens is 1. The number of hydrogen-bond donors (Lipinski definition) is 2. The first kappa shape index (κ1) is 22.7. The fourth-order valence-electron chi connectivity index (χ4n) is 4.97. The van der Waals surface area contributed by atoms with E-state index in [9.17, 15) is 14.3 Å². The van der Waals surface area contributed by atoms with Gasteiger partial charge in [0, 0.05) is 41.7 Å². The number of fused-ring (bicyclic) bond motifs is 1. The van der Waals surface area contributed by atoms with E-state index in [1.165, 1.54) is 12.1 Å². The number of aromatic nitrogens is 1. The summed E-state index contributed by atoms with van der Waals surface area (Å²) in [6.45, 7) is 6.88. The second-order valence-electron chi connectivity index (χ2n) is 9.77. The Morgan fingerprint density at radius 2 is 2.03 bits per heavy atom. The highest BCUT2D eigenvalue weighted by atomic mass is 19.1. The van der Waals surface area contributed by atoms with Crippen molar-refractivity contribution in [2.24, 2.45) is 0 Å². The Bertz CT molecular complexity index is 1160. The van der Waals surface area contributed by atoms with Gasteiger partial charge in [-0.2, -0.15) is 0 Å². The van der Waals surface area contributed by atoms with Gasteiger partial charge in [0.1, 0.15) is 17.2 Å². The molecule has 0 aliphatic carbocycles. The largest absolute Gasteiger partial charge is 0.482 e. The summed E-state index contributed by atoms with van der Waals surface area (Å²) in [5.41, 5.74) is 3.84. The lowest BCUT2D eigenvalue weighted by atomic mass is 9.93. The molecule has 0 unspecified atom stereocenters. The fourth-order valence-corrected chi connectivity index (χ4v) is 4.97. The van der Waals surface area contributed by atoms with Crippen LogP contribution in [0.5, 0.6) is 0 Å². The first-order valence-electron chi connectivity index (χ1n) is 11.9. The molecule has 0 spiro atoms. The summed E-state index contributed by atoms with van der Waals surface area (Å²) in [5, 5.41) is 12.4. The number of carbonyl (C=O) groups is 1. The first-order valence-corrected chi connectivity index (χ1v) is 11.9. The maximum atomic E-state index is 13.6. The van der Waals surface area contributed by atoms with Gasteiger partial charge in [0.05, 0.1) is 17.4 Å². The quantitative estimate of drug-likeness (QED) is 0.652. The van der Waals surface area contributed by atoms with E-state index in [0.29, 0.717) is 22.6 Å². The minimum Gasteiger partial charge on any atom is -0.482 e. The van der Waals surface area contributed by atoms with Crippen LogP contribution in [0.3, 0.4) is 0 Å². The smallest absolute Gasteiger partial charge is 0.260 e. The highest BCUT2D eigenvalue weighted by Crippen LogP contribution is 2.44. The summed E-state index contributed by atoms with van der Waals surface area (Å²) in [5.74, 6) is -0.200. The van der Waals surface area contributed by atoms with Crippen molar-refractivity contribution in [3.05, 3.63) is 71.0 Å². The van der Waals surface area contributed by atoms with E-state index in [1.807, 2.05) is 26.1 Å². The van der Waals surface area contributed by atoms with Crippen LogP contribution >= 0.6 is 0 Å². The zero-order valence-corrected chi connectivity index (χ0v) is 19.6. The SMILES string of the molecule is CC1(C)O/C(=C2/C(=O)Nc3cc(F)ccc32)C=C1c1ccc(CCCN2CCC(O)CC2)nc1. The number of hydrogen-bond acceptors (Lipinski definition) is 5. The maximum Gasteiger partial charge on any atom is 0.260 e. The molecule has 1 aromatic carbocycles. The molecule has 34 heavy (non-hydrogen) atoms. The predicted octanol–water partition coefficient (Wildman–Crippen LogP) is 4.17. The summed E-state index contributed by atoms with van der Waals surface area (Å²) in [7, 11) is 0. The van der Waals surface area contributed by atoms with Gasteiger partial charge in [-0.05, 0) is 76.4 Å². The van der Waals surface area contributed by atoms with Crippen molar-refractivity contribution in [2.45, 2.75) is 51.2 Å². The molecule has 2 N–H and O–H groups in total. The van der Waals surface area contributed by atoms with E-state index in [4.69, 9.17) is 4.74 Å². The second-order valence-corrected chi connectivity index (χ2v) is 9.77. The lowest BCUT2D eigenvalue weighted by Crippen LogP contribution is -2.36. The zero-order valence-electron chi connectivity index (χ0n) is 19.6. The highest BCUT2D eigenvalue weighted by Gasteiger charge is 2.38. The Morgan fingerprint density at radius 3 is 2.76 bits per heavy atom. The lowest BCUT2D eigenvalue weighted by Gasteiger charge is -2.29. The standard InChI is InChI=1S/C27H30FN3O3/c1-27(2)22(15-24(34-27)25-21-8-6-18(28)14-23(21)30-26(25)33)17-5-7-19(29-16-17)4-3-11-31-12-9-20(32)10-13-31/h5-8,14-16,20,32H,3-4,9-13H2,1-2H3,(H,30,33)/b25-24+. The van der Waals surface area contributed by atoms with Gasteiger partial charge < -0.3 is 20.1 Å². The van der Waals surface area contributed by atoms with Gasteiger partial charge in [-0.3, -0.25) is 9.78 Å². The van der Waals surface area contributed by atoms with Crippen LogP contribution in [0, 0.1) is 5.82 Å². The average Bonchev–Trinajstić information content (AvgIpc) is 3.29. The number of piperidine rings is 1. The molecular weight excluding hydrogens is 433 g/mol. The molecule has 1 amide bonds. The summed E-state index contributed by atoms with van der Waals surface area (Å²) < 4.78 is 19.8. The number of aliphatic hydroxyl groups excluding tert-OH is 1. The van der Waals surface area contributed by atoms with Gasteiger partial charge in [0.25, 0.3) is 5.91 Å². The van der Waals surface area contributed by atoms with E-state index < -0.39 is 11.4 Å². The summed E-state index contributed by atoms with van der Waals surface area (Å²) >= 11 is 0. The van der Waals surface area contributed by atoms with Crippen molar-refractivity contribution in [1.29, 1.82) is 0 Å². The van der Waals surface area contributed by atoms with E-state index >= 15 is 0 Å². The average molecular weight is 464 g/mol. The normalized spacial score (nSPS) is 22.4. The summed E-state index contributed by atoms with van der Waals surface area (Å²) in [6.07, 6.45) is 7.29. The summed E-state index contributed by atoms with van der Waals surface area (Å²) in [6, 6.07) is 8.39. The van der Waals surface area contributed by atoms with Gasteiger partial charge >= 0.3 is 0 Å². The number of rotatable bonds is 5. The number of nitrogens with zero attached hydrogens (tertiary/aromatic N) is 2. The number of ether oxygens (including phenoxy) is 1. The maximum absolute atomic E-state index is 13.6. The fraction of sp³-hybridized carbons (Fsp3) is 0.407. The van der Waals surface area contributed by atoms with Crippen molar-refractivity contribution >= 4 is 22.7 Å². The van der Waals surface area contributed by atoms with Crippen molar-refractivity contribution in [1.82, 2.24) is 9.88 Å². The van der Waals surface area contributed by atoms with Crippen LogP contribution in [0.4, 0.5) is 10.1 Å². The molecule has 1 aromatic heterocycles. The minimum absolute atomic E-state index is 0.138. The molecule has 4 heterocycles. The van der Waals surface area contributed by atoms with Gasteiger partial charge in [-0.15, -0.1) is 0 Å². The number of carbonyl (C=O) groups excluding carboxylic acids is 1. The van der Waals surface area contributed by atoms with E-state index in [0.717, 1.165) is 62.1 Å². The molecule has 178 valence electrons. The number of amides is 1. The van der Waals surface area contributed by atoms with Gasteiger partial charge in [0.2, 0.25) is 0 Å². The molecule has 0 radical (unpaired) electrons. The first-order chi connectivity index (χ1) is 16.3. The van der Waals surface area contributed by atoms with Crippen LogP contribution in [0.1, 0.15) is 49.9 Å². The van der Waals surface area contributed by atoms with Gasteiger partial charge in [-0.25, -0.2) is 4.39 Å². The lowest BCUT2D eigenvalue weighted by molar-refractivity contribution is -0.111. The Labute approximate surface area is 199 Å². The number of nitrogens with one attached hydrogen (secondary N) is 1. The molecule has 1 fully saturated rings. The number of likely N-dealkylation sites (tertiary alicyclic amines) is 1. The topological polar surface area (TPSA) is 74.7 Å². The van der Waals surface area contributed by atoms with Gasteiger partial charge in [-0.1, -0.05) is 6.07 Å². The van der Waals surface area contributed by atoms with Crippen LogP contribution < -0.4 is 5.32 Å². The molecule has 0 bridgehead atoms. The number of pyridine rings is 1. The number of benzene rings is 1. The van der Waals surface area contributed by atoms with Crippen LogP contribution in [-0.4, -0.2) is 52.2 Å². The molecule has 2 aromatic rings. The number of anilines is 1. The van der Waals surface area contributed by atoms with E-state index in [2.05, 4.69) is 27.3 Å². The Kier molecular flexibility index (Phi) is 6.00. The highest BCUT2D eigenvalue weighted by molar-refractivity contribution is 6.32. The van der Waals surface area contributed by atoms with Crippen molar-refractivity contribution in [2.75, 3.05) is 25.0 Å². The zero-order chi connectivity index (χ0) is 23.9. The number of allylic oxidation sites excluding steroid dienone is 1. The third-order valence-corrected chi connectivity index (χ3v) is 6.86. The predicted molar refractivity (Wildman–Crippen MR) is 129 cm³/mol. The third kappa shape index (κ3) is 4.50. The van der Waals surface area contributed by atoms with Crippen molar-refractivity contribution < 1.29 is 19.0 Å². The molecule has 6 nitrogen and oxygen atoms in total. The molecule has 1 saturated heterocycles. The molecule has 0 atom stereocenters. The number of aryl methyl sites for hydroxylation is 1. The Balaban J connectivity index is 1.31. The molecule has 3 aliphatic rings. The van der Waals surface area contributed by atoms with Crippen LogP contribution in [0.2, 0.25) is 0 Å². The van der Waals surface area contributed by atoms with Crippen molar-refractivity contribution in [3.63, 3.8) is 0 Å². The van der Waals surface area contributed by atoms with Crippen molar-refractivity contribution in [3.8, 4) is 0 Å². The van der Waals surface area contributed by atoms with E-state index in [1.54, 1.807) is 6.07 Å². The molecule has 0 saturated carbocycles. The molecule has 5 rings (SSSR count). The Hall–Kier alpha value is -3.03. The van der Waals surface area contributed by atoms with Crippen LogP contribution in [-0.2, 0) is 16.0 Å².